The molecular weight excluding hydrogens is 263 g/mol. The lowest BCUT2D eigenvalue weighted by molar-refractivity contribution is 0.594. The molecule has 0 aliphatic rings. The molecule has 2 nitrogen and oxygen atoms in total. The van der Waals surface area contributed by atoms with Crippen LogP contribution in [0.25, 0.3) is 0 Å². The van der Waals surface area contributed by atoms with Gasteiger partial charge in [-0.3, -0.25) is 0 Å². The van der Waals surface area contributed by atoms with Gasteiger partial charge in [0.15, 0.2) is 0 Å². The van der Waals surface area contributed by atoms with Gasteiger partial charge in [0.25, 0.3) is 0 Å². The minimum atomic E-state index is -3.54. The zero-order valence-corrected chi connectivity index (χ0v) is 12.0. The highest BCUT2D eigenvalue weighted by molar-refractivity contribution is 7.91. The van der Waals surface area contributed by atoms with Crippen LogP contribution in [0.3, 0.4) is 0 Å². The Hall–Kier alpha value is -1.68. The molecule has 4 heteroatoms. The predicted molar refractivity (Wildman–Crippen MR) is 74.4 cm³/mol. The van der Waals surface area contributed by atoms with E-state index in [-0.39, 0.29) is 9.79 Å². The molecular formula is C15H17FO2S. The van der Waals surface area contributed by atoms with E-state index in [1.165, 1.54) is 12.1 Å². The molecule has 0 N–H and O–H groups in total. The van der Waals surface area contributed by atoms with E-state index in [0.29, 0.717) is 0 Å². The zero-order chi connectivity index (χ0) is 14.5. The average molecular weight is 280 g/mol. The van der Waals surface area contributed by atoms with Gasteiger partial charge in [0.2, 0.25) is 9.84 Å². The van der Waals surface area contributed by atoms with Gasteiger partial charge in [-0.25, -0.2) is 12.8 Å². The molecule has 0 radical (unpaired) electrons. The second kappa shape index (κ2) is 6.48. The van der Waals surface area contributed by atoms with Crippen LogP contribution in [0.5, 0.6) is 0 Å². The summed E-state index contributed by atoms with van der Waals surface area (Å²) in [5, 5.41) is 0. The summed E-state index contributed by atoms with van der Waals surface area (Å²) in [5.41, 5.74) is 0.989. The molecule has 2 aromatic carbocycles. The van der Waals surface area contributed by atoms with Gasteiger partial charge in [0.05, 0.1) is 9.79 Å². The van der Waals surface area contributed by atoms with Crippen LogP contribution >= 0.6 is 0 Å². The summed E-state index contributed by atoms with van der Waals surface area (Å²) in [6, 6.07) is 11.4. The third kappa shape index (κ3) is 3.64. The van der Waals surface area contributed by atoms with E-state index in [9.17, 15) is 12.8 Å². The number of sulfone groups is 1. The number of halogens is 1. The maximum atomic E-state index is 12.7. The van der Waals surface area contributed by atoms with Crippen molar-refractivity contribution < 1.29 is 12.8 Å². The normalized spacial score (nSPS) is 10.5. The van der Waals surface area contributed by atoms with Crippen molar-refractivity contribution in [3.63, 3.8) is 0 Å². The number of aryl methyl sites for hydroxylation is 1. The van der Waals surface area contributed by atoms with Crippen LogP contribution < -0.4 is 0 Å². The minimum Gasteiger partial charge on any atom is -0.219 e. The Morgan fingerprint density at radius 2 is 1.16 bits per heavy atom. The highest BCUT2D eigenvalue weighted by Crippen LogP contribution is 2.21. The monoisotopic (exact) mass is 280 g/mol. The number of benzene rings is 2. The van der Waals surface area contributed by atoms with E-state index in [1.807, 2.05) is 20.8 Å². The Morgan fingerprint density at radius 1 is 0.789 bits per heavy atom. The third-order valence-corrected chi connectivity index (χ3v) is 4.24. The molecule has 0 aliphatic carbocycles. The maximum absolute atomic E-state index is 12.7. The summed E-state index contributed by atoms with van der Waals surface area (Å²) in [5.74, 6) is -0.451. The molecule has 0 aliphatic heterocycles. The number of hydrogen-bond donors (Lipinski definition) is 0. The van der Waals surface area contributed by atoms with E-state index in [4.69, 9.17) is 0 Å². The van der Waals surface area contributed by atoms with Crippen LogP contribution in [-0.4, -0.2) is 8.42 Å². The number of rotatable bonds is 2. The van der Waals surface area contributed by atoms with Crippen molar-refractivity contribution in [2.75, 3.05) is 0 Å². The van der Waals surface area contributed by atoms with E-state index in [2.05, 4.69) is 0 Å². The molecule has 0 atom stereocenters. The maximum Gasteiger partial charge on any atom is 0.206 e. The second-order valence-electron chi connectivity index (χ2n) is 3.77. The fourth-order valence-corrected chi connectivity index (χ4v) is 2.73. The van der Waals surface area contributed by atoms with E-state index in [0.717, 1.165) is 17.7 Å². The third-order valence-electron chi connectivity index (χ3n) is 2.46. The van der Waals surface area contributed by atoms with Crippen molar-refractivity contribution in [1.29, 1.82) is 0 Å². The van der Waals surface area contributed by atoms with Crippen molar-refractivity contribution in [2.24, 2.45) is 0 Å². The minimum absolute atomic E-state index is 0.0998. The van der Waals surface area contributed by atoms with Crippen molar-refractivity contribution in [3.8, 4) is 0 Å². The topological polar surface area (TPSA) is 34.1 Å². The van der Waals surface area contributed by atoms with Gasteiger partial charge in [-0.2, -0.15) is 0 Å². The summed E-state index contributed by atoms with van der Waals surface area (Å²) in [6.45, 7) is 5.88. The molecule has 102 valence electrons. The fourth-order valence-electron chi connectivity index (χ4n) is 1.47. The van der Waals surface area contributed by atoms with Gasteiger partial charge in [-0.15, -0.1) is 0 Å². The largest absolute Gasteiger partial charge is 0.219 e. The molecule has 0 spiro atoms. The Morgan fingerprint density at radius 3 is 1.58 bits per heavy atom. The van der Waals surface area contributed by atoms with Crippen LogP contribution in [0.4, 0.5) is 4.39 Å². The molecule has 0 heterocycles. The van der Waals surface area contributed by atoms with Crippen LogP contribution in [0, 0.1) is 12.7 Å². The van der Waals surface area contributed by atoms with Crippen LogP contribution in [-0.2, 0) is 9.84 Å². The van der Waals surface area contributed by atoms with E-state index in [1.54, 1.807) is 24.3 Å². The zero-order valence-electron chi connectivity index (χ0n) is 11.2. The van der Waals surface area contributed by atoms with Gasteiger partial charge < -0.3 is 0 Å². The van der Waals surface area contributed by atoms with E-state index < -0.39 is 15.7 Å². The van der Waals surface area contributed by atoms with Gasteiger partial charge >= 0.3 is 0 Å². The van der Waals surface area contributed by atoms with Crippen LogP contribution in [0.2, 0.25) is 0 Å². The lowest BCUT2D eigenvalue weighted by Crippen LogP contribution is -2.01. The van der Waals surface area contributed by atoms with Crippen LogP contribution in [0.15, 0.2) is 58.3 Å². The van der Waals surface area contributed by atoms with Crippen molar-refractivity contribution in [3.05, 3.63) is 59.9 Å². The Bertz CT molecular complexity index is 563. The summed E-state index contributed by atoms with van der Waals surface area (Å²) < 4.78 is 37.0. The first kappa shape index (κ1) is 15.4. The molecule has 0 fully saturated rings. The predicted octanol–water partition coefficient (Wildman–Crippen LogP) is 3.99. The van der Waals surface area contributed by atoms with Crippen LogP contribution in [0.1, 0.15) is 19.4 Å². The Balaban J connectivity index is 0.000000861. The lowest BCUT2D eigenvalue weighted by Gasteiger charge is -2.04. The highest BCUT2D eigenvalue weighted by atomic mass is 32.2. The first-order chi connectivity index (χ1) is 9.00. The summed E-state index contributed by atoms with van der Waals surface area (Å²) in [6.07, 6.45) is 0. The molecule has 0 amide bonds. The molecule has 0 saturated carbocycles. The second-order valence-corrected chi connectivity index (χ2v) is 5.72. The molecule has 0 unspecified atom stereocenters. The van der Waals surface area contributed by atoms with Gasteiger partial charge in [-0.05, 0) is 43.3 Å². The molecule has 0 saturated heterocycles. The van der Waals surface area contributed by atoms with Gasteiger partial charge in [0, 0.05) is 0 Å². The van der Waals surface area contributed by atoms with Gasteiger partial charge in [-0.1, -0.05) is 31.5 Å². The molecule has 0 aromatic heterocycles. The summed E-state index contributed by atoms with van der Waals surface area (Å²) in [4.78, 5) is 0.317. The first-order valence-electron chi connectivity index (χ1n) is 6.07. The molecule has 0 bridgehead atoms. The Kier molecular flexibility index (Phi) is 5.24. The summed E-state index contributed by atoms with van der Waals surface area (Å²) >= 11 is 0. The summed E-state index contributed by atoms with van der Waals surface area (Å²) in [7, 11) is -3.54. The molecule has 2 rings (SSSR count). The molecule has 19 heavy (non-hydrogen) atoms. The first-order valence-corrected chi connectivity index (χ1v) is 7.56. The quantitative estimate of drug-likeness (QED) is 0.779. The standard InChI is InChI=1S/C13H11FO2S.C2H6/c1-10-2-6-12(7-3-10)17(15,16)13-8-4-11(14)5-9-13;1-2/h2-9H,1H3;1-2H3. The highest BCUT2D eigenvalue weighted by Gasteiger charge is 2.16. The molecule has 2 aromatic rings. The number of hydrogen-bond acceptors (Lipinski definition) is 2. The van der Waals surface area contributed by atoms with E-state index >= 15 is 0 Å². The SMILES string of the molecule is CC.Cc1ccc(S(=O)(=O)c2ccc(F)cc2)cc1. The average Bonchev–Trinajstić information content (AvgIpc) is 2.42. The lowest BCUT2D eigenvalue weighted by atomic mass is 10.2. The Labute approximate surface area is 113 Å². The fraction of sp³-hybridized carbons (Fsp3) is 0.200. The van der Waals surface area contributed by atoms with Gasteiger partial charge in [0.1, 0.15) is 5.82 Å². The van der Waals surface area contributed by atoms with Crippen molar-refractivity contribution in [1.82, 2.24) is 0 Å². The van der Waals surface area contributed by atoms with Crippen molar-refractivity contribution >= 4 is 9.84 Å². The smallest absolute Gasteiger partial charge is 0.206 e. The van der Waals surface area contributed by atoms with Crippen molar-refractivity contribution in [2.45, 2.75) is 30.6 Å².